The van der Waals surface area contributed by atoms with E-state index in [1.807, 2.05) is 13.0 Å². The van der Waals surface area contributed by atoms with Crippen molar-refractivity contribution in [2.45, 2.75) is 25.9 Å². The van der Waals surface area contributed by atoms with Crippen LogP contribution in [-0.4, -0.2) is 50.5 Å². The first-order chi connectivity index (χ1) is 10.7. The molecule has 1 amide bonds. The monoisotopic (exact) mass is 306 g/mol. The van der Waals surface area contributed by atoms with Gasteiger partial charge in [0.15, 0.2) is 0 Å². The maximum atomic E-state index is 12.7. The number of methoxy groups -OCH3 is 1. The Balaban J connectivity index is 1.74. The van der Waals surface area contributed by atoms with Crippen molar-refractivity contribution < 1.29 is 19.0 Å². The highest BCUT2D eigenvalue weighted by Gasteiger charge is 2.31. The molecule has 3 rings (SSSR count). The van der Waals surface area contributed by atoms with Gasteiger partial charge in [-0.25, -0.2) is 4.98 Å². The van der Waals surface area contributed by atoms with Crippen molar-refractivity contribution in [1.82, 2.24) is 4.98 Å². The molecule has 6 heteroatoms. The molecule has 22 heavy (non-hydrogen) atoms. The van der Waals surface area contributed by atoms with Gasteiger partial charge in [0.1, 0.15) is 12.3 Å². The summed E-state index contributed by atoms with van der Waals surface area (Å²) in [5, 5.41) is 0. The molecule has 0 saturated carbocycles. The van der Waals surface area contributed by atoms with Gasteiger partial charge in [0, 0.05) is 26.3 Å². The van der Waals surface area contributed by atoms with Crippen LogP contribution in [0.2, 0.25) is 0 Å². The van der Waals surface area contributed by atoms with Gasteiger partial charge in [0.2, 0.25) is 11.8 Å². The smallest absolute Gasteiger partial charge is 0.238 e. The van der Waals surface area contributed by atoms with Crippen LogP contribution in [0.4, 0.5) is 5.69 Å². The highest BCUT2D eigenvalue weighted by Crippen LogP contribution is 2.32. The minimum absolute atomic E-state index is 0.00570. The number of fused-ring (bicyclic) bond motifs is 1. The Morgan fingerprint density at radius 3 is 3.18 bits per heavy atom. The van der Waals surface area contributed by atoms with E-state index >= 15 is 0 Å². The Bertz CT molecular complexity index is 549. The highest BCUT2D eigenvalue weighted by atomic mass is 16.5. The van der Waals surface area contributed by atoms with Gasteiger partial charge in [0.05, 0.1) is 19.3 Å². The number of nitrogens with zero attached hydrogens (tertiary/aromatic N) is 2. The number of hydrogen-bond donors (Lipinski definition) is 0. The third-order valence-corrected chi connectivity index (χ3v) is 4.29. The van der Waals surface area contributed by atoms with E-state index in [4.69, 9.17) is 14.2 Å². The number of carbonyl (C=O) groups excluding carboxylic acids is 1. The van der Waals surface area contributed by atoms with Gasteiger partial charge >= 0.3 is 0 Å². The van der Waals surface area contributed by atoms with E-state index in [2.05, 4.69) is 4.98 Å². The summed E-state index contributed by atoms with van der Waals surface area (Å²) in [5.41, 5.74) is 1.79. The highest BCUT2D eigenvalue weighted by molar-refractivity contribution is 5.95. The summed E-state index contributed by atoms with van der Waals surface area (Å²) in [6, 6.07) is 1.96. The minimum atomic E-state index is -0.00570. The largest absolute Gasteiger partial charge is 0.474 e. The molecule has 0 spiro atoms. The summed E-state index contributed by atoms with van der Waals surface area (Å²) in [7, 11) is 1.67. The molecule has 1 saturated heterocycles. The fourth-order valence-electron chi connectivity index (χ4n) is 3.04. The molecule has 1 aromatic heterocycles. The molecule has 1 aromatic rings. The summed E-state index contributed by atoms with van der Waals surface area (Å²) in [4.78, 5) is 18.8. The van der Waals surface area contributed by atoms with Crippen molar-refractivity contribution in [2.24, 2.45) is 5.92 Å². The van der Waals surface area contributed by atoms with Crippen molar-refractivity contribution in [1.29, 1.82) is 0 Å². The van der Waals surface area contributed by atoms with E-state index in [0.29, 0.717) is 38.7 Å². The average Bonchev–Trinajstić information content (AvgIpc) is 2.54. The second kappa shape index (κ2) is 6.62. The third-order valence-electron chi connectivity index (χ3n) is 4.29. The summed E-state index contributed by atoms with van der Waals surface area (Å²) in [6.07, 6.45) is 3.07. The molecule has 6 nitrogen and oxygen atoms in total. The van der Waals surface area contributed by atoms with E-state index in [1.165, 1.54) is 0 Å². The summed E-state index contributed by atoms with van der Waals surface area (Å²) in [6.45, 7) is 4.27. The third kappa shape index (κ3) is 3.08. The van der Waals surface area contributed by atoms with E-state index in [0.717, 1.165) is 17.7 Å². The van der Waals surface area contributed by atoms with Crippen molar-refractivity contribution in [2.75, 3.05) is 38.4 Å². The molecule has 0 bridgehead atoms. The van der Waals surface area contributed by atoms with Crippen molar-refractivity contribution in [3.05, 3.63) is 17.8 Å². The molecule has 2 aliphatic heterocycles. The summed E-state index contributed by atoms with van der Waals surface area (Å²) >= 11 is 0. The van der Waals surface area contributed by atoms with E-state index in [9.17, 15) is 4.79 Å². The molecular weight excluding hydrogens is 284 g/mol. The number of anilines is 1. The van der Waals surface area contributed by atoms with Crippen LogP contribution in [0.1, 0.15) is 18.4 Å². The normalized spacial score (nSPS) is 24.5. The number of ether oxygens (including phenoxy) is 3. The molecule has 0 N–H and O–H groups in total. The van der Waals surface area contributed by atoms with Crippen molar-refractivity contribution in [3.63, 3.8) is 0 Å². The predicted molar refractivity (Wildman–Crippen MR) is 81.2 cm³/mol. The number of aryl methyl sites for hydroxylation is 1. The lowest BCUT2D eigenvalue weighted by Crippen LogP contribution is -2.42. The minimum Gasteiger partial charge on any atom is -0.474 e. The maximum Gasteiger partial charge on any atom is 0.238 e. The zero-order chi connectivity index (χ0) is 15.5. The van der Waals surface area contributed by atoms with Crippen LogP contribution in [0.3, 0.4) is 0 Å². The number of amides is 1. The Labute approximate surface area is 130 Å². The van der Waals surface area contributed by atoms with Gasteiger partial charge in [-0.2, -0.15) is 0 Å². The van der Waals surface area contributed by atoms with Crippen LogP contribution in [-0.2, 0) is 14.3 Å². The van der Waals surface area contributed by atoms with Crippen LogP contribution in [0.5, 0.6) is 5.88 Å². The van der Waals surface area contributed by atoms with Crippen molar-refractivity contribution in [3.8, 4) is 5.88 Å². The number of pyridine rings is 1. The van der Waals surface area contributed by atoms with Gasteiger partial charge in [-0.15, -0.1) is 0 Å². The molecule has 2 unspecified atom stereocenters. The van der Waals surface area contributed by atoms with Gasteiger partial charge in [-0.05, 0) is 30.9 Å². The molecular formula is C16H22N2O4. The Morgan fingerprint density at radius 1 is 1.50 bits per heavy atom. The first kappa shape index (κ1) is 15.2. The average molecular weight is 306 g/mol. The molecule has 120 valence electrons. The van der Waals surface area contributed by atoms with Gasteiger partial charge < -0.3 is 19.1 Å². The predicted octanol–water partition coefficient (Wildman–Crippen LogP) is 1.56. The molecule has 0 aliphatic carbocycles. The number of aromatic nitrogens is 1. The van der Waals surface area contributed by atoms with Crippen molar-refractivity contribution >= 4 is 11.6 Å². The second-order valence-corrected chi connectivity index (χ2v) is 5.83. The van der Waals surface area contributed by atoms with E-state index in [1.54, 1.807) is 18.2 Å². The topological polar surface area (TPSA) is 60.9 Å². The summed E-state index contributed by atoms with van der Waals surface area (Å²) < 4.78 is 16.4. The van der Waals surface area contributed by atoms with Crippen LogP contribution in [0.15, 0.2) is 12.3 Å². The Kier molecular flexibility index (Phi) is 4.59. The lowest BCUT2D eigenvalue weighted by molar-refractivity contribution is -0.124. The number of carbonyl (C=O) groups is 1. The molecule has 1 fully saturated rings. The van der Waals surface area contributed by atoms with Crippen LogP contribution >= 0.6 is 0 Å². The van der Waals surface area contributed by atoms with Crippen LogP contribution in [0.25, 0.3) is 0 Å². The quantitative estimate of drug-likeness (QED) is 0.848. The Hall–Kier alpha value is -1.66. The maximum absolute atomic E-state index is 12.7. The molecule has 0 radical (unpaired) electrons. The number of hydrogen-bond acceptors (Lipinski definition) is 5. The summed E-state index contributed by atoms with van der Waals surface area (Å²) in [5.74, 6) is 0.849. The van der Waals surface area contributed by atoms with E-state index < -0.39 is 0 Å². The van der Waals surface area contributed by atoms with Gasteiger partial charge in [-0.3, -0.25) is 4.79 Å². The van der Waals surface area contributed by atoms with Gasteiger partial charge in [-0.1, -0.05) is 0 Å². The fourth-order valence-corrected chi connectivity index (χ4v) is 3.04. The molecule has 2 atom stereocenters. The first-order valence-corrected chi connectivity index (χ1v) is 7.69. The Morgan fingerprint density at radius 2 is 2.36 bits per heavy atom. The molecule has 3 heterocycles. The standard InChI is InChI=1S/C16H22N2O4/c1-11-7-13-16(17-9-11)22-6-4-18(13)15(19)8-12-3-5-21-10-14(12)20-2/h7,9,12,14H,3-6,8,10H2,1-2H3. The lowest BCUT2D eigenvalue weighted by atomic mass is 9.93. The SMILES string of the molecule is COC1COCCC1CC(=O)N1CCOc2ncc(C)cc21. The van der Waals surface area contributed by atoms with Gasteiger partial charge in [0.25, 0.3) is 0 Å². The zero-order valence-electron chi connectivity index (χ0n) is 13.1. The fraction of sp³-hybridized carbons (Fsp3) is 0.625. The second-order valence-electron chi connectivity index (χ2n) is 5.83. The molecule has 0 aromatic carbocycles. The lowest BCUT2D eigenvalue weighted by Gasteiger charge is -2.33. The molecule has 2 aliphatic rings. The number of rotatable bonds is 3. The van der Waals surface area contributed by atoms with E-state index in [-0.39, 0.29) is 17.9 Å². The zero-order valence-corrected chi connectivity index (χ0v) is 13.1. The van der Waals surface area contributed by atoms with Crippen LogP contribution in [0, 0.1) is 12.8 Å². The first-order valence-electron chi connectivity index (χ1n) is 7.69. The van der Waals surface area contributed by atoms with Crippen LogP contribution < -0.4 is 9.64 Å².